The maximum Gasteiger partial charge on any atom is 0.113 e. The van der Waals surface area contributed by atoms with Gasteiger partial charge in [-0.25, -0.2) is 4.98 Å². The molecule has 1 heterocycles. The van der Waals surface area contributed by atoms with Gasteiger partial charge in [-0.1, -0.05) is 25.4 Å². The van der Waals surface area contributed by atoms with Crippen molar-refractivity contribution in [3.05, 3.63) is 15.5 Å². The molecule has 2 rings (SSSR count). The van der Waals surface area contributed by atoms with Gasteiger partial charge in [0, 0.05) is 12.5 Å². The molecule has 13 heavy (non-hydrogen) atoms. The van der Waals surface area contributed by atoms with E-state index in [0.29, 0.717) is 11.8 Å². The van der Waals surface area contributed by atoms with Gasteiger partial charge >= 0.3 is 0 Å². The molecule has 1 aromatic heterocycles. The molecule has 1 aliphatic rings. The van der Waals surface area contributed by atoms with Gasteiger partial charge in [-0.3, -0.25) is 0 Å². The fraction of sp³-hybridized carbons (Fsp3) is 0.667. The van der Waals surface area contributed by atoms with Gasteiger partial charge in [0.1, 0.15) is 4.34 Å². The lowest BCUT2D eigenvalue weighted by molar-refractivity contribution is 0.256. The van der Waals surface area contributed by atoms with Crippen molar-refractivity contribution in [3.8, 4) is 0 Å². The van der Waals surface area contributed by atoms with Gasteiger partial charge in [-0.15, -0.1) is 11.3 Å². The van der Waals surface area contributed by atoms with Crippen LogP contribution in [-0.4, -0.2) is 16.7 Å². The quantitative estimate of drug-likeness (QED) is 0.826. The van der Waals surface area contributed by atoms with E-state index in [2.05, 4.69) is 18.8 Å². The summed E-state index contributed by atoms with van der Waals surface area (Å²) >= 11 is 7.33. The largest absolute Gasteiger partial charge is 0.396 e. The normalized spacial score (nSPS) is 30.5. The van der Waals surface area contributed by atoms with E-state index in [9.17, 15) is 0 Å². The highest BCUT2D eigenvalue weighted by Gasteiger charge is 2.59. The van der Waals surface area contributed by atoms with E-state index in [0.717, 1.165) is 9.34 Å². The minimum Gasteiger partial charge on any atom is -0.396 e. The van der Waals surface area contributed by atoms with Gasteiger partial charge in [-0.05, 0) is 11.3 Å². The Kier molecular flexibility index (Phi) is 2.13. The molecule has 0 bridgehead atoms. The van der Waals surface area contributed by atoms with Crippen LogP contribution in [0.5, 0.6) is 0 Å². The lowest BCUT2D eigenvalue weighted by Crippen LogP contribution is -1.93. The number of halogens is 1. The predicted octanol–water partition coefficient (Wildman–Crippen LogP) is 2.53. The molecule has 2 nitrogen and oxygen atoms in total. The smallest absolute Gasteiger partial charge is 0.113 e. The lowest BCUT2D eigenvalue weighted by Gasteiger charge is -1.97. The van der Waals surface area contributed by atoms with Gasteiger partial charge in [0.05, 0.1) is 11.2 Å². The SMILES string of the molecule is CC1(C)C(CO)C1c1ncc(Cl)s1. The van der Waals surface area contributed by atoms with Gasteiger partial charge in [0.2, 0.25) is 0 Å². The highest BCUT2D eigenvalue weighted by Crippen LogP contribution is 2.64. The minimum absolute atomic E-state index is 0.190. The molecule has 0 aromatic carbocycles. The number of thiazole rings is 1. The standard InChI is InChI=1S/C9H12ClNOS/c1-9(2)5(4-12)7(9)8-11-3-6(10)13-8/h3,5,7,12H,4H2,1-2H3. The molecule has 1 fully saturated rings. The van der Waals surface area contributed by atoms with Crippen LogP contribution in [-0.2, 0) is 0 Å². The first-order valence-electron chi connectivity index (χ1n) is 4.29. The van der Waals surface area contributed by atoms with Crippen LogP contribution < -0.4 is 0 Å². The average Bonchev–Trinajstić information content (AvgIpc) is 2.41. The summed E-state index contributed by atoms with van der Waals surface area (Å²) in [6, 6.07) is 0. The maximum absolute atomic E-state index is 9.12. The number of rotatable bonds is 2. The summed E-state index contributed by atoms with van der Waals surface area (Å²) in [5.74, 6) is 0.754. The number of aromatic nitrogens is 1. The van der Waals surface area contributed by atoms with Gasteiger partial charge in [-0.2, -0.15) is 0 Å². The highest BCUT2D eigenvalue weighted by molar-refractivity contribution is 7.15. The summed E-state index contributed by atoms with van der Waals surface area (Å²) in [6.07, 6.45) is 1.68. The summed E-state index contributed by atoms with van der Waals surface area (Å²) in [5, 5.41) is 10.2. The zero-order chi connectivity index (χ0) is 9.64. The molecular weight excluding hydrogens is 206 g/mol. The van der Waals surface area contributed by atoms with Crippen LogP contribution >= 0.6 is 22.9 Å². The van der Waals surface area contributed by atoms with Crippen LogP contribution in [0.4, 0.5) is 0 Å². The van der Waals surface area contributed by atoms with Crippen molar-refractivity contribution in [2.45, 2.75) is 19.8 Å². The van der Waals surface area contributed by atoms with Crippen molar-refractivity contribution in [1.82, 2.24) is 4.98 Å². The molecular formula is C9H12ClNOS. The molecule has 0 aliphatic heterocycles. The molecule has 0 radical (unpaired) electrons. The second-order valence-electron chi connectivity index (χ2n) is 4.09. The zero-order valence-corrected chi connectivity index (χ0v) is 9.19. The second kappa shape index (κ2) is 2.94. The van der Waals surface area contributed by atoms with Crippen LogP contribution in [0.3, 0.4) is 0 Å². The highest BCUT2D eigenvalue weighted by atomic mass is 35.5. The van der Waals surface area contributed by atoms with Crippen LogP contribution in [0.25, 0.3) is 0 Å². The van der Waals surface area contributed by atoms with Crippen molar-refractivity contribution in [2.75, 3.05) is 6.61 Å². The molecule has 2 atom stereocenters. The van der Waals surface area contributed by atoms with E-state index in [1.165, 1.54) is 11.3 Å². The number of nitrogens with zero attached hydrogens (tertiary/aromatic N) is 1. The first-order chi connectivity index (χ1) is 6.07. The molecule has 0 amide bonds. The summed E-state index contributed by atoms with van der Waals surface area (Å²) in [7, 11) is 0. The van der Waals surface area contributed by atoms with Gasteiger partial charge < -0.3 is 5.11 Å². The minimum atomic E-state index is 0.190. The van der Waals surface area contributed by atoms with Crippen molar-refractivity contribution in [3.63, 3.8) is 0 Å². The molecule has 1 aromatic rings. The van der Waals surface area contributed by atoms with E-state index < -0.39 is 0 Å². The number of aliphatic hydroxyl groups is 1. The maximum atomic E-state index is 9.12. The zero-order valence-electron chi connectivity index (χ0n) is 7.62. The molecule has 72 valence electrons. The summed E-state index contributed by atoms with van der Waals surface area (Å²) in [6.45, 7) is 4.57. The molecule has 1 saturated carbocycles. The number of aliphatic hydroxyl groups excluding tert-OH is 1. The molecule has 0 spiro atoms. The summed E-state index contributed by atoms with van der Waals surface area (Å²) in [4.78, 5) is 4.25. The monoisotopic (exact) mass is 217 g/mol. The Balaban J connectivity index is 2.21. The lowest BCUT2D eigenvalue weighted by atomic mass is 10.1. The molecule has 1 N–H and O–H groups in total. The van der Waals surface area contributed by atoms with Crippen molar-refractivity contribution in [1.29, 1.82) is 0 Å². The van der Waals surface area contributed by atoms with E-state index in [-0.39, 0.29) is 12.0 Å². The van der Waals surface area contributed by atoms with E-state index >= 15 is 0 Å². The van der Waals surface area contributed by atoms with E-state index in [1.807, 2.05) is 0 Å². The number of hydrogen-bond donors (Lipinski definition) is 1. The predicted molar refractivity (Wildman–Crippen MR) is 54.2 cm³/mol. The van der Waals surface area contributed by atoms with Crippen LogP contribution in [0.2, 0.25) is 4.34 Å². The topological polar surface area (TPSA) is 33.1 Å². The van der Waals surface area contributed by atoms with Crippen molar-refractivity contribution < 1.29 is 5.11 Å². The first-order valence-corrected chi connectivity index (χ1v) is 5.49. The van der Waals surface area contributed by atoms with Crippen molar-refractivity contribution in [2.24, 2.45) is 11.3 Å². The van der Waals surface area contributed by atoms with Crippen LogP contribution in [0, 0.1) is 11.3 Å². The fourth-order valence-corrected chi connectivity index (χ4v) is 3.28. The Hall–Kier alpha value is -0.120. The number of hydrogen-bond acceptors (Lipinski definition) is 3. The van der Waals surface area contributed by atoms with Crippen LogP contribution in [0.15, 0.2) is 6.20 Å². The molecule has 4 heteroatoms. The first kappa shape index (κ1) is 9.44. The van der Waals surface area contributed by atoms with E-state index in [4.69, 9.17) is 16.7 Å². The Morgan fingerprint density at radius 2 is 2.38 bits per heavy atom. The Bertz CT molecular complexity index is 323. The van der Waals surface area contributed by atoms with Gasteiger partial charge in [0.25, 0.3) is 0 Å². The fourth-order valence-electron chi connectivity index (χ4n) is 1.99. The van der Waals surface area contributed by atoms with E-state index in [1.54, 1.807) is 6.20 Å². The average molecular weight is 218 g/mol. The molecule has 2 unspecified atom stereocenters. The molecule has 1 aliphatic carbocycles. The Labute approximate surface area is 86.6 Å². The third-order valence-electron chi connectivity index (χ3n) is 3.01. The third-order valence-corrected chi connectivity index (χ3v) is 4.21. The molecule has 0 saturated heterocycles. The second-order valence-corrected chi connectivity index (χ2v) is 5.78. The van der Waals surface area contributed by atoms with Crippen LogP contribution in [0.1, 0.15) is 24.8 Å². The Morgan fingerprint density at radius 3 is 2.77 bits per heavy atom. The van der Waals surface area contributed by atoms with Crippen molar-refractivity contribution >= 4 is 22.9 Å². The Morgan fingerprint density at radius 1 is 1.69 bits per heavy atom. The third kappa shape index (κ3) is 1.39. The van der Waals surface area contributed by atoms with Gasteiger partial charge in [0.15, 0.2) is 0 Å². The summed E-state index contributed by atoms with van der Waals surface area (Å²) < 4.78 is 0.731. The summed E-state index contributed by atoms with van der Waals surface area (Å²) in [5.41, 5.74) is 0.190.